The number of hydrogen-bond donors (Lipinski definition) is 3. The smallest absolute Gasteiger partial charge is 0.229 e. The van der Waals surface area contributed by atoms with Crippen LogP contribution in [-0.2, 0) is 4.74 Å². The Morgan fingerprint density at radius 1 is 1.12 bits per heavy atom. The van der Waals surface area contributed by atoms with Crippen molar-refractivity contribution in [3.63, 3.8) is 0 Å². The molecule has 4 atom stereocenters. The van der Waals surface area contributed by atoms with Crippen LogP contribution < -0.4 is 4.74 Å². The fourth-order valence-electron chi connectivity index (χ4n) is 1.60. The lowest BCUT2D eigenvalue weighted by atomic mass is 10.1. The first-order chi connectivity index (χ1) is 7.72. The highest BCUT2D eigenvalue weighted by Crippen LogP contribution is 2.24. The van der Waals surface area contributed by atoms with E-state index in [4.69, 9.17) is 14.6 Å². The normalized spacial score (nSPS) is 33.9. The molecule has 3 N–H and O–H groups in total. The van der Waals surface area contributed by atoms with Gasteiger partial charge in [-0.3, -0.25) is 0 Å². The Bertz CT molecular complexity index is 328. The minimum absolute atomic E-state index is 0.354. The molecule has 0 unspecified atom stereocenters. The van der Waals surface area contributed by atoms with E-state index in [1.54, 1.807) is 24.3 Å². The summed E-state index contributed by atoms with van der Waals surface area (Å²) in [4.78, 5) is 0. The van der Waals surface area contributed by atoms with Crippen LogP contribution in [0.2, 0.25) is 0 Å². The molecule has 0 aromatic heterocycles. The lowest BCUT2D eigenvalue weighted by Crippen LogP contribution is -2.35. The number of rotatable bonds is 3. The second-order valence-electron chi connectivity index (χ2n) is 3.64. The third-order valence-electron chi connectivity index (χ3n) is 2.49. The monoisotopic (exact) mass is 226 g/mol. The maximum absolute atomic E-state index is 9.61. The summed E-state index contributed by atoms with van der Waals surface area (Å²) in [7, 11) is 0. The van der Waals surface area contributed by atoms with Crippen molar-refractivity contribution in [3.8, 4) is 5.75 Å². The van der Waals surface area contributed by atoms with Crippen LogP contribution >= 0.6 is 0 Å². The van der Waals surface area contributed by atoms with Crippen molar-refractivity contribution >= 4 is 0 Å². The van der Waals surface area contributed by atoms with Crippen LogP contribution in [0.25, 0.3) is 0 Å². The molecule has 1 aromatic rings. The molecular formula is C11H14O5. The second-order valence-corrected chi connectivity index (χ2v) is 3.64. The van der Waals surface area contributed by atoms with Gasteiger partial charge in [-0.15, -0.1) is 0 Å². The number of hydrogen-bond acceptors (Lipinski definition) is 5. The van der Waals surface area contributed by atoms with Crippen LogP contribution in [0.4, 0.5) is 0 Å². The Hall–Kier alpha value is -1.14. The molecule has 0 amide bonds. The molecule has 5 nitrogen and oxygen atoms in total. The van der Waals surface area contributed by atoms with Crippen LogP contribution in [-0.4, -0.2) is 46.5 Å². The quantitative estimate of drug-likeness (QED) is 0.648. The van der Waals surface area contributed by atoms with Crippen molar-refractivity contribution in [2.45, 2.75) is 24.6 Å². The van der Waals surface area contributed by atoms with E-state index in [2.05, 4.69) is 0 Å². The molecule has 0 aliphatic carbocycles. The minimum Gasteiger partial charge on any atom is -0.462 e. The number of benzene rings is 1. The summed E-state index contributed by atoms with van der Waals surface area (Å²) in [6, 6.07) is 8.85. The van der Waals surface area contributed by atoms with Crippen LogP contribution in [0.3, 0.4) is 0 Å². The van der Waals surface area contributed by atoms with E-state index in [0.717, 1.165) is 0 Å². The highest BCUT2D eigenvalue weighted by Gasteiger charge is 2.43. The van der Waals surface area contributed by atoms with Gasteiger partial charge in [-0.2, -0.15) is 0 Å². The molecule has 0 radical (unpaired) electrons. The number of para-hydroxylation sites is 1. The molecule has 16 heavy (non-hydrogen) atoms. The van der Waals surface area contributed by atoms with E-state index in [9.17, 15) is 10.2 Å². The first-order valence-electron chi connectivity index (χ1n) is 5.06. The van der Waals surface area contributed by atoms with Gasteiger partial charge >= 0.3 is 0 Å². The van der Waals surface area contributed by atoms with Gasteiger partial charge in [-0.1, -0.05) is 18.2 Å². The van der Waals surface area contributed by atoms with Crippen LogP contribution in [0.15, 0.2) is 30.3 Å². The topological polar surface area (TPSA) is 79.2 Å². The molecule has 1 saturated heterocycles. The first-order valence-corrected chi connectivity index (χ1v) is 5.06. The Kier molecular flexibility index (Phi) is 3.40. The molecule has 88 valence electrons. The standard InChI is InChI=1S/C11H14O5/c12-6-8-9(13)10(14)11(16-8)15-7-4-2-1-3-5-7/h1-5,8-14H,6H2/t8-,9-,10-,11+/m1/s1. The summed E-state index contributed by atoms with van der Waals surface area (Å²) in [5, 5.41) is 28.0. The van der Waals surface area contributed by atoms with Gasteiger partial charge in [0.25, 0.3) is 0 Å². The van der Waals surface area contributed by atoms with E-state index < -0.39 is 24.6 Å². The summed E-state index contributed by atoms with van der Waals surface area (Å²) < 4.78 is 10.5. The number of aliphatic hydroxyl groups excluding tert-OH is 3. The highest BCUT2D eigenvalue weighted by atomic mass is 16.7. The Balaban J connectivity index is 2.01. The zero-order chi connectivity index (χ0) is 11.5. The lowest BCUT2D eigenvalue weighted by Gasteiger charge is -2.16. The molecule has 0 spiro atoms. The fourth-order valence-corrected chi connectivity index (χ4v) is 1.60. The molecule has 1 heterocycles. The van der Waals surface area contributed by atoms with Gasteiger partial charge in [0.2, 0.25) is 6.29 Å². The van der Waals surface area contributed by atoms with E-state index in [1.807, 2.05) is 6.07 Å². The highest BCUT2D eigenvalue weighted by molar-refractivity contribution is 5.21. The van der Waals surface area contributed by atoms with E-state index >= 15 is 0 Å². The predicted molar refractivity (Wildman–Crippen MR) is 54.8 cm³/mol. The fraction of sp³-hybridized carbons (Fsp3) is 0.455. The van der Waals surface area contributed by atoms with Gasteiger partial charge < -0.3 is 24.8 Å². The van der Waals surface area contributed by atoms with Crippen LogP contribution in [0, 0.1) is 0 Å². The van der Waals surface area contributed by atoms with Gasteiger partial charge in [0.1, 0.15) is 24.1 Å². The van der Waals surface area contributed by atoms with Gasteiger partial charge in [-0.05, 0) is 12.1 Å². The third kappa shape index (κ3) is 2.17. The Morgan fingerprint density at radius 2 is 1.81 bits per heavy atom. The molecule has 1 aliphatic rings. The summed E-state index contributed by atoms with van der Waals surface area (Å²) in [6.45, 7) is -0.354. The van der Waals surface area contributed by atoms with Gasteiger partial charge in [0.05, 0.1) is 6.61 Å². The Labute approximate surface area is 92.9 Å². The van der Waals surface area contributed by atoms with Gasteiger partial charge in [0.15, 0.2) is 0 Å². The Morgan fingerprint density at radius 3 is 2.38 bits per heavy atom. The summed E-state index contributed by atoms with van der Waals surface area (Å²) >= 11 is 0. The molecule has 0 bridgehead atoms. The minimum atomic E-state index is -1.16. The summed E-state index contributed by atoms with van der Waals surface area (Å²) in [6.07, 6.45) is -4.03. The van der Waals surface area contributed by atoms with Crippen LogP contribution in [0.1, 0.15) is 0 Å². The molecule has 1 aromatic carbocycles. The SMILES string of the molecule is OC[C@H]1O[C@H](Oc2ccccc2)[C@H](O)[C@@H]1O. The van der Waals surface area contributed by atoms with E-state index in [1.165, 1.54) is 0 Å². The van der Waals surface area contributed by atoms with E-state index in [0.29, 0.717) is 5.75 Å². The van der Waals surface area contributed by atoms with Gasteiger partial charge in [-0.25, -0.2) is 0 Å². The number of ether oxygens (including phenoxy) is 2. The number of aliphatic hydroxyl groups is 3. The van der Waals surface area contributed by atoms with Crippen molar-refractivity contribution in [3.05, 3.63) is 30.3 Å². The van der Waals surface area contributed by atoms with Gasteiger partial charge in [0, 0.05) is 0 Å². The van der Waals surface area contributed by atoms with Crippen LogP contribution in [0.5, 0.6) is 5.75 Å². The van der Waals surface area contributed by atoms with Crippen molar-refractivity contribution in [1.29, 1.82) is 0 Å². The van der Waals surface area contributed by atoms with Crippen molar-refractivity contribution < 1.29 is 24.8 Å². The average molecular weight is 226 g/mol. The molecule has 2 rings (SSSR count). The first kappa shape index (κ1) is 11.3. The predicted octanol–water partition coefficient (Wildman–Crippen LogP) is -0.496. The summed E-state index contributed by atoms with van der Waals surface area (Å²) in [5.74, 6) is 0.539. The lowest BCUT2D eigenvalue weighted by molar-refractivity contribution is -0.116. The molecular weight excluding hydrogens is 212 g/mol. The van der Waals surface area contributed by atoms with Crippen molar-refractivity contribution in [2.75, 3.05) is 6.61 Å². The molecule has 0 saturated carbocycles. The molecule has 5 heteroatoms. The summed E-state index contributed by atoms with van der Waals surface area (Å²) in [5.41, 5.74) is 0. The van der Waals surface area contributed by atoms with Crippen molar-refractivity contribution in [1.82, 2.24) is 0 Å². The molecule has 1 fully saturated rings. The maximum atomic E-state index is 9.61. The molecule has 1 aliphatic heterocycles. The van der Waals surface area contributed by atoms with E-state index in [-0.39, 0.29) is 6.61 Å². The van der Waals surface area contributed by atoms with Crippen molar-refractivity contribution in [2.24, 2.45) is 0 Å². The third-order valence-corrected chi connectivity index (χ3v) is 2.49. The average Bonchev–Trinajstić information content (AvgIpc) is 2.58. The largest absolute Gasteiger partial charge is 0.462 e. The maximum Gasteiger partial charge on any atom is 0.229 e. The zero-order valence-electron chi connectivity index (χ0n) is 8.56. The second kappa shape index (κ2) is 4.80. The zero-order valence-corrected chi connectivity index (χ0v) is 8.56.